The van der Waals surface area contributed by atoms with Gasteiger partial charge in [-0.3, -0.25) is 4.79 Å². The molecule has 2 heterocycles. The number of hydrogen-bond donors (Lipinski definition) is 0. The molecule has 0 N–H and O–H groups in total. The molecule has 59 heavy (non-hydrogen) atoms. The fourth-order valence-electron chi connectivity index (χ4n) is 8.98. The maximum atomic E-state index is 12.7. The Bertz CT molecular complexity index is 1810. The third kappa shape index (κ3) is 12.6. The number of methoxy groups -OCH3 is 7. The highest BCUT2D eigenvalue weighted by molar-refractivity contribution is 5.69. The van der Waals surface area contributed by atoms with Crippen LogP contribution in [0.15, 0.2) is 36.4 Å². The maximum Gasteiger partial charge on any atom is 0.311 e. The largest absolute Gasteiger partial charge is 1.00 e. The molecule has 5 rings (SSSR count). The van der Waals surface area contributed by atoms with Gasteiger partial charge in [0, 0.05) is 36.0 Å². The minimum absolute atomic E-state index is 0. The number of rotatable bonds is 22. The van der Waals surface area contributed by atoms with Crippen LogP contribution in [0.3, 0.4) is 0 Å². The van der Waals surface area contributed by atoms with E-state index in [4.69, 9.17) is 37.9 Å². The standard InChI is InChI=1S/C46H68N2O9.2HI/c1-47(23-20-36-35(32-47)30-43(54-7)46(56-9)45(36)55-8)24-21-44(49)57-26-16-14-12-10-11-13-15-22-48(2)25-19-34-29-41(52-5)42(53-6)31-37(34)38(48)27-33-17-18-39(50-3)40(28-33)51-4;;/h17-18,28-31,38H,10-16,19-27,32H2,1-9H3;2*1H/q+2;;/p-2/t38-,47?,48?;;/m1../s1. The van der Waals surface area contributed by atoms with Crippen molar-refractivity contribution in [3.05, 3.63) is 64.2 Å². The van der Waals surface area contributed by atoms with Gasteiger partial charge >= 0.3 is 5.97 Å². The summed E-state index contributed by atoms with van der Waals surface area (Å²) in [6.45, 7) is 5.14. The van der Waals surface area contributed by atoms with Crippen molar-refractivity contribution in [2.75, 3.05) is 96.6 Å². The van der Waals surface area contributed by atoms with Crippen molar-refractivity contribution in [1.29, 1.82) is 0 Å². The van der Waals surface area contributed by atoms with Gasteiger partial charge in [-0.25, -0.2) is 0 Å². The van der Waals surface area contributed by atoms with Crippen molar-refractivity contribution in [2.45, 2.75) is 83.2 Å². The van der Waals surface area contributed by atoms with E-state index in [9.17, 15) is 4.79 Å². The lowest BCUT2D eigenvalue weighted by Gasteiger charge is -2.46. The molecule has 2 aliphatic heterocycles. The fraction of sp³-hybridized carbons (Fsp3) is 0.587. The van der Waals surface area contributed by atoms with Gasteiger partial charge in [0.05, 0.1) is 103 Å². The summed E-state index contributed by atoms with van der Waals surface area (Å²) in [5.41, 5.74) is 6.25. The van der Waals surface area contributed by atoms with Crippen LogP contribution in [0.1, 0.15) is 85.2 Å². The van der Waals surface area contributed by atoms with Crippen molar-refractivity contribution in [3.8, 4) is 40.2 Å². The lowest BCUT2D eigenvalue weighted by Crippen LogP contribution is -3.00. The first-order valence-corrected chi connectivity index (χ1v) is 20.7. The first kappa shape index (κ1) is 50.5. The Hall–Kier alpha value is -2.89. The summed E-state index contributed by atoms with van der Waals surface area (Å²) in [5, 5.41) is 0. The van der Waals surface area contributed by atoms with Crippen LogP contribution in [-0.2, 0) is 35.3 Å². The summed E-state index contributed by atoms with van der Waals surface area (Å²) in [7, 11) is 16.4. The zero-order valence-electron chi connectivity index (χ0n) is 36.9. The number of unbranched alkanes of at least 4 members (excludes halogenated alkanes) is 6. The van der Waals surface area contributed by atoms with E-state index in [1.807, 2.05) is 6.07 Å². The normalized spacial score (nSPS) is 19.2. The molecule has 0 bridgehead atoms. The predicted molar refractivity (Wildman–Crippen MR) is 222 cm³/mol. The van der Waals surface area contributed by atoms with Crippen LogP contribution >= 0.6 is 0 Å². The number of hydrogen-bond acceptors (Lipinski definition) is 9. The molecule has 0 aromatic heterocycles. The van der Waals surface area contributed by atoms with Crippen LogP contribution in [0.4, 0.5) is 0 Å². The van der Waals surface area contributed by atoms with Crippen molar-refractivity contribution >= 4 is 5.97 Å². The van der Waals surface area contributed by atoms with Gasteiger partial charge in [-0.15, -0.1) is 0 Å². The van der Waals surface area contributed by atoms with E-state index in [0.717, 1.165) is 115 Å². The van der Waals surface area contributed by atoms with Crippen molar-refractivity contribution in [2.24, 2.45) is 0 Å². The molecule has 0 fully saturated rings. The molecule has 0 saturated carbocycles. The molecule has 0 radical (unpaired) electrons. The molecule has 330 valence electrons. The number of quaternary nitrogens is 2. The number of carbonyl (C=O) groups is 1. The molecule has 3 aromatic rings. The average Bonchev–Trinajstić information content (AvgIpc) is 3.23. The Morgan fingerprint density at radius 2 is 1.20 bits per heavy atom. The third-order valence-corrected chi connectivity index (χ3v) is 12.4. The van der Waals surface area contributed by atoms with Crippen LogP contribution in [0.25, 0.3) is 0 Å². The zero-order valence-corrected chi connectivity index (χ0v) is 41.2. The molecule has 0 aliphatic carbocycles. The van der Waals surface area contributed by atoms with Crippen LogP contribution in [-0.4, -0.2) is 112 Å². The quantitative estimate of drug-likeness (QED) is 0.0649. The van der Waals surface area contributed by atoms with Gasteiger partial charge in [0.2, 0.25) is 5.75 Å². The number of nitrogens with zero attached hydrogens (tertiary/aromatic N) is 2. The fourth-order valence-corrected chi connectivity index (χ4v) is 8.98. The Kier molecular flexibility index (Phi) is 20.5. The molecule has 11 nitrogen and oxygen atoms in total. The summed E-state index contributed by atoms with van der Waals surface area (Å²) in [6.07, 6.45) is 11.1. The average molecular weight is 1050 g/mol. The van der Waals surface area contributed by atoms with Gasteiger partial charge in [0.15, 0.2) is 34.5 Å². The molecule has 0 spiro atoms. The zero-order chi connectivity index (χ0) is 41.0. The minimum atomic E-state index is -0.107. The summed E-state index contributed by atoms with van der Waals surface area (Å²) < 4.78 is 46.9. The van der Waals surface area contributed by atoms with Crippen molar-refractivity contribution < 1.29 is 99.6 Å². The summed E-state index contributed by atoms with van der Waals surface area (Å²) in [6, 6.07) is 13.0. The summed E-state index contributed by atoms with van der Waals surface area (Å²) in [5.74, 6) is 5.01. The number of benzene rings is 3. The highest BCUT2D eigenvalue weighted by atomic mass is 127. The Morgan fingerprint density at radius 3 is 1.85 bits per heavy atom. The van der Waals surface area contributed by atoms with E-state index >= 15 is 0 Å². The van der Waals surface area contributed by atoms with E-state index in [0.29, 0.717) is 24.5 Å². The number of halogens is 2. The molecule has 0 saturated heterocycles. The van der Waals surface area contributed by atoms with E-state index in [2.05, 4.69) is 44.4 Å². The molecule has 2 unspecified atom stereocenters. The molecule has 2 aliphatic rings. The third-order valence-electron chi connectivity index (χ3n) is 12.4. The molecule has 3 atom stereocenters. The second-order valence-electron chi connectivity index (χ2n) is 16.2. The van der Waals surface area contributed by atoms with Gasteiger partial charge in [0.25, 0.3) is 0 Å². The highest BCUT2D eigenvalue weighted by Crippen LogP contribution is 2.45. The first-order valence-electron chi connectivity index (χ1n) is 20.7. The molecular weight excluding hydrogens is 978 g/mol. The highest BCUT2D eigenvalue weighted by Gasteiger charge is 2.40. The second kappa shape index (κ2) is 23.9. The van der Waals surface area contributed by atoms with Crippen molar-refractivity contribution in [3.63, 3.8) is 0 Å². The predicted octanol–water partition coefficient (Wildman–Crippen LogP) is 1.91. The minimum Gasteiger partial charge on any atom is -1.00 e. The van der Waals surface area contributed by atoms with E-state index in [-0.39, 0.29) is 60.0 Å². The summed E-state index contributed by atoms with van der Waals surface area (Å²) in [4.78, 5) is 12.7. The van der Waals surface area contributed by atoms with E-state index in [1.54, 1.807) is 49.8 Å². The molecule has 13 heteroatoms. The van der Waals surface area contributed by atoms with Crippen LogP contribution in [0.2, 0.25) is 0 Å². The number of esters is 1. The number of fused-ring (bicyclic) bond motifs is 2. The van der Waals surface area contributed by atoms with Gasteiger partial charge in [-0.1, -0.05) is 31.7 Å². The van der Waals surface area contributed by atoms with Crippen LogP contribution in [0, 0.1) is 0 Å². The number of likely N-dealkylation sites (N-methyl/N-ethyl adjacent to an activating group) is 2. The van der Waals surface area contributed by atoms with Gasteiger partial charge < -0.3 is 94.8 Å². The number of ether oxygens (including phenoxy) is 8. The van der Waals surface area contributed by atoms with Gasteiger partial charge in [-0.2, -0.15) is 0 Å². The SMILES string of the molecule is COc1ccc(C[C@@H]2c3cc(OC)c(OC)cc3CC[N+]2(C)CCCCCCCCCOC(=O)CC[N+]2(C)CCc3c(cc(OC)c(OC)c3OC)C2)cc1OC.[I-].[I-]. The Morgan fingerprint density at radius 1 is 0.610 bits per heavy atom. The molecular formula is C46H68I2N2O9. The number of carbonyl (C=O) groups excluding carboxylic acids is 1. The van der Waals surface area contributed by atoms with Gasteiger partial charge in [0.1, 0.15) is 12.6 Å². The van der Waals surface area contributed by atoms with Gasteiger partial charge in [-0.05, 0) is 60.7 Å². The topological polar surface area (TPSA) is 90.9 Å². The summed E-state index contributed by atoms with van der Waals surface area (Å²) >= 11 is 0. The van der Waals surface area contributed by atoms with Crippen LogP contribution in [0.5, 0.6) is 40.2 Å². The van der Waals surface area contributed by atoms with Crippen molar-refractivity contribution in [1.82, 2.24) is 0 Å². The first-order chi connectivity index (χ1) is 27.5. The molecule has 3 aromatic carbocycles. The Balaban J connectivity index is 0.00000465. The lowest BCUT2D eigenvalue weighted by atomic mass is 9.86. The smallest absolute Gasteiger partial charge is 0.311 e. The second-order valence-corrected chi connectivity index (χ2v) is 16.2. The Labute approximate surface area is 387 Å². The maximum absolute atomic E-state index is 12.7. The molecule has 0 amide bonds. The van der Waals surface area contributed by atoms with E-state index in [1.165, 1.54) is 47.9 Å². The van der Waals surface area contributed by atoms with E-state index < -0.39 is 0 Å². The lowest BCUT2D eigenvalue weighted by molar-refractivity contribution is -0.941. The van der Waals surface area contributed by atoms with Crippen LogP contribution < -0.4 is 81.1 Å². The monoisotopic (exact) mass is 1050 g/mol.